The minimum atomic E-state index is -0.447. The first-order chi connectivity index (χ1) is 14.5. The van der Waals surface area contributed by atoms with Crippen molar-refractivity contribution in [3.05, 3.63) is 65.7 Å². The van der Waals surface area contributed by atoms with Gasteiger partial charge in [0.2, 0.25) is 5.91 Å². The van der Waals surface area contributed by atoms with Crippen molar-refractivity contribution >= 4 is 23.6 Å². The number of nitrogens with zero attached hydrogens (tertiary/aromatic N) is 1. The quantitative estimate of drug-likeness (QED) is 0.716. The van der Waals surface area contributed by atoms with Crippen LogP contribution in [0.1, 0.15) is 35.2 Å². The van der Waals surface area contributed by atoms with Gasteiger partial charge in [-0.1, -0.05) is 36.4 Å². The molecule has 1 fully saturated rings. The van der Waals surface area contributed by atoms with Gasteiger partial charge in [-0.3, -0.25) is 4.79 Å². The molecule has 1 aliphatic heterocycles. The van der Waals surface area contributed by atoms with Crippen molar-refractivity contribution in [1.82, 2.24) is 10.2 Å². The van der Waals surface area contributed by atoms with Crippen LogP contribution in [-0.2, 0) is 16.1 Å². The maximum Gasteiger partial charge on any atom is 0.337 e. The van der Waals surface area contributed by atoms with Crippen LogP contribution in [0, 0.1) is 5.92 Å². The van der Waals surface area contributed by atoms with Gasteiger partial charge in [0.1, 0.15) is 0 Å². The third-order valence-corrected chi connectivity index (χ3v) is 5.24. The molecular weight excluding hydrogens is 382 g/mol. The molecule has 30 heavy (non-hydrogen) atoms. The number of rotatable bonds is 6. The third-order valence-electron chi connectivity index (χ3n) is 5.24. The Morgan fingerprint density at radius 1 is 1.03 bits per heavy atom. The number of carbonyl (C=O) groups excluding carboxylic acids is 3. The van der Waals surface area contributed by atoms with Gasteiger partial charge in [0.15, 0.2) is 0 Å². The lowest BCUT2D eigenvalue weighted by atomic mass is 9.93. The molecule has 1 heterocycles. The molecule has 0 aliphatic carbocycles. The first-order valence-corrected chi connectivity index (χ1v) is 10.1. The van der Waals surface area contributed by atoms with Gasteiger partial charge < -0.3 is 20.3 Å². The van der Waals surface area contributed by atoms with Gasteiger partial charge in [0.25, 0.3) is 0 Å². The predicted octanol–water partition coefficient (Wildman–Crippen LogP) is 3.42. The van der Waals surface area contributed by atoms with E-state index in [-0.39, 0.29) is 17.9 Å². The number of esters is 1. The molecule has 2 aromatic carbocycles. The molecule has 0 spiro atoms. The predicted molar refractivity (Wildman–Crippen MR) is 114 cm³/mol. The van der Waals surface area contributed by atoms with E-state index in [0.717, 1.165) is 18.4 Å². The number of benzene rings is 2. The largest absolute Gasteiger partial charge is 0.465 e. The van der Waals surface area contributed by atoms with Crippen molar-refractivity contribution in [3.63, 3.8) is 0 Å². The van der Waals surface area contributed by atoms with Gasteiger partial charge in [-0.05, 0) is 42.5 Å². The Kier molecular flexibility index (Phi) is 7.43. The fourth-order valence-corrected chi connectivity index (χ4v) is 3.52. The Bertz CT molecular complexity index is 877. The molecule has 3 rings (SSSR count). The van der Waals surface area contributed by atoms with Gasteiger partial charge in [0.05, 0.1) is 12.7 Å². The zero-order valence-corrected chi connectivity index (χ0v) is 17.1. The Labute approximate surface area is 176 Å². The normalized spacial score (nSPS) is 14.1. The van der Waals surface area contributed by atoms with E-state index in [9.17, 15) is 14.4 Å². The van der Waals surface area contributed by atoms with Crippen molar-refractivity contribution in [1.29, 1.82) is 0 Å². The van der Waals surface area contributed by atoms with E-state index in [1.165, 1.54) is 7.11 Å². The molecule has 0 unspecified atom stereocenters. The number of likely N-dealkylation sites (tertiary alicyclic amines) is 1. The van der Waals surface area contributed by atoms with Crippen LogP contribution >= 0.6 is 0 Å². The van der Waals surface area contributed by atoms with Crippen LogP contribution < -0.4 is 10.6 Å². The van der Waals surface area contributed by atoms with E-state index in [1.807, 2.05) is 30.3 Å². The van der Waals surface area contributed by atoms with E-state index < -0.39 is 5.97 Å². The molecule has 2 aromatic rings. The van der Waals surface area contributed by atoms with Crippen LogP contribution in [0.4, 0.5) is 10.5 Å². The van der Waals surface area contributed by atoms with E-state index >= 15 is 0 Å². The molecule has 158 valence electrons. The number of nitrogens with one attached hydrogen (secondary N) is 2. The Balaban J connectivity index is 1.42. The summed E-state index contributed by atoms with van der Waals surface area (Å²) in [6.45, 7) is 1.73. The third kappa shape index (κ3) is 6.07. The summed E-state index contributed by atoms with van der Waals surface area (Å²) in [5, 5.41) is 5.79. The summed E-state index contributed by atoms with van der Waals surface area (Å²) in [6, 6.07) is 16.3. The van der Waals surface area contributed by atoms with Crippen LogP contribution in [0.5, 0.6) is 0 Å². The van der Waals surface area contributed by atoms with Crippen LogP contribution in [0.3, 0.4) is 0 Å². The minimum Gasteiger partial charge on any atom is -0.465 e. The number of hydrogen-bond acceptors (Lipinski definition) is 4. The van der Waals surface area contributed by atoms with Crippen molar-refractivity contribution < 1.29 is 19.1 Å². The van der Waals surface area contributed by atoms with Crippen LogP contribution in [0.25, 0.3) is 0 Å². The number of carbonyl (C=O) groups is 3. The maximum atomic E-state index is 12.5. The molecule has 0 bridgehead atoms. The first kappa shape index (κ1) is 21.4. The number of amides is 3. The number of piperidine rings is 1. The van der Waals surface area contributed by atoms with Crippen molar-refractivity contribution in [2.24, 2.45) is 5.92 Å². The molecule has 7 heteroatoms. The number of ether oxygens (including phenoxy) is 1. The highest BCUT2D eigenvalue weighted by atomic mass is 16.5. The molecule has 0 atom stereocenters. The summed E-state index contributed by atoms with van der Waals surface area (Å²) in [4.78, 5) is 38.1. The maximum absolute atomic E-state index is 12.5. The summed E-state index contributed by atoms with van der Waals surface area (Å²) in [7, 11) is 1.32. The summed E-state index contributed by atoms with van der Waals surface area (Å²) in [5.41, 5.74) is 2.01. The fourth-order valence-electron chi connectivity index (χ4n) is 3.52. The van der Waals surface area contributed by atoms with Gasteiger partial charge in [-0.25, -0.2) is 9.59 Å². The molecule has 3 amide bonds. The smallest absolute Gasteiger partial charge is 0.337 e. The van der Waals surface area contributed by atoms with Crippen molar-refractivity contribution in [3.8, 4) is 0 Å². The molecule has 0 saturated carbocycles. The SMILES string of the molecule is COC(=O)c1cccc(NC(=O)N2CCC(CC(=O)NCc3ccccc3)CC2)c1. The highest BCUT2D eigenvalue weighted by Crippen LogP contribution is 2.21. The fraction of sp³-hybridized carbons (Fsp3) is 0.348. The number of hydrogen-bond donors (Lipinski definition) is 2. The van der Waals surface area contributed by atoms with Gasteiger partial charge in [0, 0.05) is 31.7 Å². The highest BCUT2D eigenvalue weighted by molar-refractivity contribution is 5.93. The molecule has 1 aliphatic rings. The zero-order valence-electron chi connectivity index (χ0n) is 17.1. The van der Waals surface area contributed by atoms with Crippen LogP contribution in [-0.4, -0.2) is 43.0 Å². The standard InChI is InChI=1S/C23H27N3O4/c1-30-22(28)19-8-5-9-20(15-19)25-23(29)26-12-10-17(11-13-26)14-21(27)24-16-18-6-3-2-4-7-18/h2-9,15,17H,10-14,16H2,1H3,(H,24,27)(H,25,29). The molecule has 0 aromatic heterocycles. The van der Waals surface area contributed by atoms with Gasteiger partial charge >= 0.3 is 12.0 Å². The Morgan fingerprint density at radius 3 is 2.47 bits per heavy atom. The topological polar surface area (TPSA) is 87.7 Å². The Hall–Kier alpha value is -3.35. The van der Waals surface area contributed by atoms with E-state index in [4.69, 9.17) is 4.74 Å². The lowest BCUT2D eigenvalue weighted by Crippen LogP contribution is -2.41. The molecule has 0 radical (unpaired) electrons. The van der Waals surface area contributed by atoms with E-state index in [1.54, 1.807) is 29.2 Å². The minimum absolute atomic E-state index is 0.0429. The summed E-state index contributed by atoms with van der Waals surface area (Å²) >= 11 is 0. The van der Waals surface area contributed by atoms with E-state index in [2.05, 4.69) is 10.6 Å². The number of urea groups is 1. The average Bonchev–Trinajstić information content (AvgIpc) is 2.78. The zero-order chi connectivity index (χ0) is 21.3. The van der Waals surface area contributed by atoms with Crippen molar-refractivity contribution in [2.45, 2.75) is 25.8 Å². The second-order valence-corrected chi connectivity index (χ2v) is 7.40. The highest BCUT2D eigenvalue weighted by Gasteiger charge is 2.24. The van der Waals surface area contributed by atoms with Gasteiger partial charge in [-0.15, -0.1) is 0 Å². The second-order valence-electron chi connectivity index (χ2n) is 7.40. The molecule has 7 nitrogen and oxygen atoms in total. The lowest BCUT2D eigenvalue weighted by molar-refractivity contribution is -0.122. The lowest BCUT2D eigenvalue weighted by Gasteiger charge is -2.31. The summed E-state index contributed by atoms with van der Waals surface area (Å²) < 4.78 is 4.70. The van der Waals surface area contributed by atoms with E-state index in [0.29, 0.717) is 37.3 Å². The van der Waals surface area contributed by atoms with Crippen molar-refractivity contribution in [2.75, 3.05) is 25.5 Å². The molecule has 1 saturated heterocycles. The molecular formula is C23H27N3O4. The number of methoxy groups -OCH3 is 1. The second kappa shape index (κ2) is 10.4. The summed E-state index contributed by atoms with van der Waals surface area (Å²) in [5.74, 6) is -0.133. The average molecular weight is 409 g/mol. The summed E-state index contributed by atoms with van der Waals surface area (Å²) in [6.07, 6.45) is 2.05. The van der Waals surface area contributed by atoms with Crippen LogP contribution in [0.15, 0.2) is 54.6 Å². The van der Waals surface area contributed by atoms with Gasteiger partial charge in [-0.2, -0.15) is 0 Å². The monoisotopic (exact) mass is 409 g/mol. The Morgan fingerprint density at radius 2 is 1.77 bits per heavy atom. The number of anilines is 1. The first-order valence-electron chi connectivity index (χ1n) is 10.1. The molecule has 2 N–H and O–H groups in total. The van der Waals surface area contributed by atoms with Crippen LogP contribution in [0.2, 0.25) is 0 Å².